The monoisotopic (exact) mass is 538 g/mol. The van der Waals surface area contributed by atoms with E-state index in [0.29, 0.717) is 0 Å². The minimum absolute atomic E-state index is 0.0597. The van der Waals surface area contributed by atoms with Crippen molar-refractivity contribution in [3.05, 3.63) is 0 Å². The fourth-order valence-electron chi connectivity index (χ4n) is 4.89. The van der Waals surface area contributed by atoms with Gasteiger partial charge in [-0.2, -0.15) is 0 Å². The summed E-state index contributed by atoms with van der Waals surface area (Å²) in [5, 5.41) is 0. The second-order valence-corrected chi connectivity index (χ2v) is 11.7. The van der Waals surface area contributed by atoms with Crippen LogP contribution in [0, 0.1) is 0 Å². The van der Waals surface area contributed by atoms with Crippen LogP contribution in [0.3, 0.4) is 0 Å². The predicted molar refractivity (Wildman–Crippen MR) is 163 cm³/mol. The van der Waals surface area contributed by atoms with Crippen molar-refractivity contribution in [2.75, 3.05) is 13.2 Å². The molecule has 0 unspecified atom stereocenters. The van der Waals surface area contributed by atoms with E-state index in [1.165, 1.54) is 167 Å². The second-order valence-electron chi connectivity index (χ2n) is 11.1. The third-order valence-electron chi connectivity index (χ3n) is 7.39. The Balaban J connectivity index is 3.14. The van der Waals surface area contributed by atoms with Crippen molar-refractivity contribution in [1.82, 2.24) is 0 Å². The summed E-state index contributed by atoms with van der Waals surface area (Å²) in [6.45, 7) is 6.02. The summed E-state index contributed by atoms with van der Waals surface area (Å²) in [5.41, 5.74) is 0. The van der Waals surface area contributed by atoms with Crippen molar-refractivity contribution in [3.8, 4) is 0 Å². The van der Waals surface area contributed by atoms with Gasteiger partial charge in [-0.1, -0.05) is 178 Å². The molecule has 0 aliphatic rings. The highest BCUT2D eigenvalue weighted by Crippen LogP contribution is 2.14. The summed E-state index contributed by atoms with van der Waals surface area (Å²) in [6.07, 6.45) is 38.6. The maximum atomic E-state index is 5.33. The molecular formula is C32H66N2O2Si. The van der Waals surface area contributed by atoms with Gasteiger partial charge in [0.25, 0.3) is 0 Å². The van der Waals surface area contributed by atoms with Gasteiger partial charge in [0.2, 0.25) is 0 Å². The van der Waals surface area contributed by atoms with Crippen LogP contribution in [0.4, 0.5) is 0 Å². The normalized spacial score (nSPS) is 10.9. The highest BCUT2D eigenvalue weighted by atomic mass is 28.2. The highest BCUT2D eigenvalue weighted by molar-refractivity contribution is 6.05. The van der Waals surface area contributed by atoms with Crippen molar-refractivity contribution in [2.24, 2.45) is 9.59 Å². The predicted octanol–water partition coefficient (Wildman–Crippen LogP) is 11.9. The van der Waals surface area contributed by atoms with Gasteiger partial charge in [-0.05, 0) is 25.7 Å². The van der Waals surface area contributed by atoms with Crippen molar-refractivity contribution in [3.63, 3.8) is 0 Å². The summed E-state index contributed by atoms with van der Waals surface area (Å²) < 4.78 is 0. The Labute approximate surface area is 235 Å². The first-order valence-electron chi connectivity index (χ1n) is 16.8. The molecule has 0 amide bonds. The summed E-state index contributed by atoms with van der Waals surface area (Å²) in [7, 11) is 0.0597. The molecule has 0 radical (unpaired) electrons. The van der Waals surface area contributed by atoms with Crippen molar-refractivity contribution in [1.29, 1.82) is 0 Å². The maximum Gasteiger partial charge on any atom is 0.321 e. The van der Waals surface area contributed by atoms with E-state index in [4.69, 9.17) is 9.68 Å². The van der Waals surface area contributed by atoms with E-state index in [1.54, 1.807) is 0 Å². The van der Waals surface area contributed by atoms with Crippen LogP contribution >= 0.6 is 0 Å². The van der Waals surface area contributed by atoms with E-state index in [2.05, 4.69) is 23.4 Å². The minimum atomic E-state index is 0.0597. The lowest BCUT2D eigenvalue weighted by Gasteiger charge is -2.03. The molecule has 0 atom stereocenters. The molecule has 0 heterocycles. The number of hydrogen-bond donors (Lipinski definition) is 0. The molecule has 220 valence electrons. The van der Waals surface area contributed by atoms with Crippen LogP contribution in [0.15, 0.2) is 9.59 Å². The molecule has 0 aromatic heterocycles. The molecule has 0 fully saturated rings. The zero-order valence-corrected chi connectivity index (χ0v) is 26.4. The standard InChI is InChI=1S/C32H66N2O2Si/c1-3-5-7-9-11-13-15-17-19-21-23-25-27-29-31-35-33-37-34-36-32-30-28-26-24-22-20-18-16-14-12-10-8-6-4-2/h3-32H2,1-2H3. The molecule has 5 heteroatoms. The summed E-state index contributed by atoms with van der Waals surface area (Å²) >= 11 is 0. The smallest absolute Gasteiger partial charge is 0.321 e. The fraction of sp³-hybridized carbons (Fsp3) is 1.00. The Morgan fingerprint density at radius 1 is 0.324 bits per heavy atom. The lowest BCUT2D eigenvalue weighted by molar-refractivity contribution is 0.132. The van der Waals surface area contributed by atoms with Crippen LogP contribution < -0.4 is 0 Å². The second kappa shape index (κ2) is 35.4. The van der Waals surface area contributed by atoms with E-state index >= 15 is 0 Å². The molecule has 0 N–H and O–H groups in total. The molecule has 4 nitrogen and oxygen atoms in total. The minimum Gasteiger partial charge on any atom is -0.396 e. The van der Waals surface area contributed by atoms with Crippen LogP contribution in [0.5, 0.6) is 0 Å². The Morgan fingerprint density at radius 3 is 0.784 bits per heavy atom. The molecule has 0 aromatic rings. The van der Waals surface area contributed by atoms with Gasteiger partial charge in [0.15, 0.2) is 0 Å². The van der Waals surface area contributed by atoms with Gasteiger partial charge in [0.05, 0.1) is 0 Å². The first-order chi connectivity index (χ1) is 18.4. The average molecular weight is 539 g/mol. The Bertz CT molecular complexity index is 432. The largest absolute Gasteiger partial charge is 0.396 e. The lowest BCUT2D eigenvalue weighted by atomic mass is 10.0. The maximum absolute atomic E-state index is 5.33. The van der Waals surface area contributed by atoms with E-state index in [-0.39, 0.29) is 9.10 Å². The van der Waals surface area contributed by atoms with Gasteiger partial charge in [-0.3, -0.25) is 0 Å². The molecule has 0 saturated heterocycles. The van der Waals surface area contributed by atoms with E-state index in [9.17, 15) is 0 Å². The van der Waals surface area contributed by atoms with Crippen molar-refractivity contribution < 1.29 is 9.68 Å². The fourth-order valence-corrected chi connectivity index (χ4v) is 5.22. The van der Waals surface area contributed by atoms with E-state index in [0.717, 1.165) is 26.1 Å². The molecule has 0 spiro atoms. The zero-order chi connectivity index (χ0) is 26.7. The van der Waals surface area contributed by atoms with Crippen LogP contribution in [0.2, 0.25) is 0 Å². The Hall–Kier alpha value is -0.583. The Morgan fingerprint density at radius 2 is 0.541 bits per heavy atom. The molecule has 0 aliphatic heterocycles. The van der Waals surface area contributed by atoms with Crippen LogP contribution in [0.1, 0.15) is 194 Å². The topological polar surface area (TPSA) is 43.2 Å². The first-order valence-corrected chi connectivity index (χ1v) is 17.7. The zero-order valence-electron chi connectivity index (χ0n) is 25.4. The number of rotatable bonds is 32. The molecule has 0 aliphatic carbocycles. The quantitative estimate of drug-likeness (QED) is 0.0485. The summed E-state index contributed by atoms with van der Waals surface area (Å²) in [4.78, 5) is 18.7. The van der Waals surface area contributed by atoms with Crippen LogP contribution in [-0.2, 0) is 9.68 Å². The Kier molecular flexibility index (Phi) is 34.9. The molecule has 0 bridgehead atoms. The van der Waals surface area contributed by atoms with E-state index < -0.39 is 0 Å². The third-order valence-corrected chi connectivity index (χ3v) is 7.81. The van der Waals surface area contributed by atoms with Gasteiger partial charge >= 0.3 is 9.10 Å². The molecule has 0 aromatic carbocycles. The van der Waals surface area contributed by atoms with Gasteiger partial charge in [0, 0.05) is 0 Å². The molecule has 0 saturated carbocycles. The summed E-state index contributed by atoms with van der Waals surface area (Å²) in [5.74, 6) is 0. The average Bonchev–Trinajstić information content (AvgIpc) is 2.91. The number of nitrogens with zero attached hydrogens (tertiary/aromatic N) is 2. The van der Waals surface area contributed by atoms with Crippen molar-refractivity contribution >= 4 is 9.10 Å². The first kappa shape index (κ1) is 36.4. The third kappa shape index (κ3) is 35.4. The van der Waals surface area contributed by atoms with Gasteiger partial charge < -0.3 is 9.68 Å². The van der Waals surface area contributed by atoms with Crippen LogP contribution in [0.25, 0.3) is 0 Å². The number of hydrogen-bond acceptors (Lipinski definition) is 4. The van der Waals surface area contributed by atoms with Gasteiger partial charge in [-0.25, -0.2) is 0 Å². The number of unbranched alkanes of at least 4 members (excludes halogenated alkanes) is 26. The lowest BCUT2D eigenvalue weighted by Crippen LogP contribution is -1.90. The molecule has 0 rings (SSSR count). The molecule has 37 heavy (non-hydrogen) atoms. The van der Waals surface area contributed by atoms with Gasteiger partial charge in [0.1, 0.15) is 13.2 Å². The van der Waals surface area contributed by atoms with Gasteiger partial charge in [-0.15, -0.1) is 0 Å². The summed E-state index contributed by atoms with van der Waals surface area (Å²) in [6, 6.07) is 0. The molecular weight excluding hydrogens is 472 g/mol. The van der Waals surface area contributed by atoms with Crippen LogP contribution in [-0.4, -0.2) is 22.3 Å². The highest BCUT2D eigenvalue weighted by Gasteiger charge is 1.95. The SMILES string of the molecule is CCCCCCCCCCCCCCCCON=[Si]=NOCCCCCCCCCCCCCCCC. The van der Waals surface area contributed by atoms with Crippen molar-refractivity contribution in [2.45, 2.75) is 194 Å². The van der Waals surface area contributed by atoms with E-state index in [1.807, 2.05) is 0 Å².